The molecule has 0 radical (unpaired) electrons. The predicted molar refractivity (Wildman–Crippen MR) is 94.5 cm³/mol. The smallest absolute Gasteiger partial charge is 0.135 e. The summed E-state index contributed by atoms with van der Waals surface area (Å²) in [5.74, 6) is 4.53. The van der Waals surface area contributed by atoms with Crippen LogP contribution in [0.25, 0.3) is 0 Å². The van der Waals surface area contributed by atoms with E-state index in [0.717, 1.165) is 74.7 Å². The number of hydrogen-bond donors (Lipinski definition) is 0. The molecular formula is C19H25N5O. The van der Waals surface area contributed by atoms with Crippen molar-refractivity contribution < 1.29 is 4.52 Å². The van der Waals surface area contributed by atoms with E-state index in [1.807, 2.05) is 19.9 Å². The zero-order chi connectivity index (χ0) is 17.0. The van der Waals surface area contributed by atoms with Crippen LogP contribution in [0.2, 0.25) is 0 Å². The zero-order valence-electron chi connectivity index (χ0n) is 15.0. The molecular weight excluding hydrogens is 314 g/mol. The summed E-state index contributed by atoms with van der Waals surface area (Å²) in [6, 6.07) is 2.05. The highest BCUT2D eigenvalue weighted by atomic mass is 16.5. The number of rotatable bonds is 3. The van der Waals surface area contributed by atoms with E-state index in [1.54, 1.807) is 0 Å². The molecule has 0 spiro atoms. The maximum absolute atomic E-state index is 5.20. The van der Waals surface area contributed by atoms with Crippen LogP contribution in [0.5, 0.6) is 0 Å². The minimum atomic E-state index is 0.736. The van der Waals surface area contributed by atoms with Crippen molar-refractivity contribution in [2.75, 3.05) is 31.1 Å². The molecule has 0 amide bonds. The van der Waals surface area contributed by atoms with Gasteiger partial charge in [-0.15, -0.1) is 0 Å². The molecule has 2 aliphatic heterocycles. The molecule has 0 N–H and O–H groups in total. The molecule has 2 atom stereocenters. The second-order valence-corrected chi connectivity index (χ2v) is 7.92. The molecule has 2 fully saturated rings. The van der Waals surface area contributed by atoms with Crippen LogP contribution in [0.1, 0.15) is 35.0 Å². The molecule has 3 aliphatic rings. The first-order valence-corrected chi connectivity index (χ1v) is 9.41. The molecule has 4 heterocycles. The molecule has 0 aromatic carbocycles. The third-order valence-corrected chi connectivity index (χ3v) is 5.95. The zero-order valence-corrected chi connectivity index (χ0v) is 15.0. The second kappa shape index (κ2) is 5.80. The van der Waals surface area contributed by atoms with Gasteiger partial charge in [0.25, 0.3) is 0 Å². The summed E-state index contributed by atoms with van der Waals surface area (Å²) < 4.78 is 5.20. The van der Waals surface area contributed by atoms with Gasteiger partial charge in [0.15, 0.2) is 0 Å². The van der Waals surface area contributed by atoms with E-state index in [4.69, 9.17) is 9.51 Å². The third-order valence-electron chi connectivity index (χ3n) is 5.95. The molecule has 5 rings (SSSR count). The number of fused-ring (bicyclic) bond motifs is 2. The van der Waals surface area contributed by atoms with Crippen LogP contribution in [0.3, 0.4) is 0 Å². The summed E-state index contributed by atoms with van der Waals surface area (Å²) in [4.78, 5) is 14.5. The van der Waals surface area contributed by atoms with Crippen molar-refractivity contribution in [3.05, 3.63) is 34.6 Å². The van der Waals surface area contributed by atoms with Gasteiger partial charge < -0.3 is 9.42 Å². The number of aromatic nitrogens is 3. The Kier molecular flexibility index (Phi) is 3.55. The maximum Gasteiger partial charge on any atom is 0.135 e. The number of anilines is 1. The van der Waals surface area contributed by atoms with E-state index < -0.39 is 0 Å². The average molecular weight is 339 g/mol. The Balaban J connectivity index is 1.28. The van der Waals surface area contributed by atoms with Gasteiger partial charge in [-0.05, 0) is 44.9 Å². The second-order valence-electron chi connectivity index (χ2n) is 7.92. The largest absolute Gasteiger partial charge is 0.361 e. The minimum absolute atomic E-state index is 0.736. The molecule has 2 unspecified atom stereocenters. The van der Waals surface area contributed by atoms with E-state index in [1.165, 1.54) is 23.5 Å². The molecule has 2 aromatic heterocycles. The van der Waals surface area contributed by atoms with Crippen molar-refractivity contribution in [3.8, 4) is 0 Å². The summed E-state index contributed by atoms with van der Waals surface area (Å²) in [6.45, 7) is 9.45. The van der Waals surface area contributed by atoms with Gasteiger partial charge in [0.2, 0.25) is 0 Å². The van der Waals surface area contributed by atoms with E-state index in [-0.39, 0.29) is 0 Å². The van der Waals surface area contributed by atoms with Gasteiger partial charge in [-0.3, -0.25) is 4.90 Å². The Morgan fingerprint density at radius 3 is 2.60 bits per heavy atom. The minimum Gasteiger partial charge on any atom is -0.361 e. The van der Waals surface area contributed by atoms with Gasteiger partial charge in [0.1, 0.15) is 17.4 Å². The van der Waals surface area contributed by atoms with E-state index >= 15 is 0 Å². The lowest BCUT2D eigenvalue weighted by Crippen LogP contribution is -2.30. The Hall–Kier alpha value is -1.95. The molecule has 6 heteroatoms. The number of likely N-dealkylation sites (tertiary alicyclic amines) is 1. The Bertz CT molecular complexity index is 787. The number of aryl methyl sites for hydroxylation is 3. The quantitative estimate of drug-likeness (QED) is 0.854. The Labute approximate surface area is 148 Å². The fourth-order valence-electron chi connectivity index (χ4n) is 4.91. The van der Waals surface area contributed by atoms with Crippen LogP contribution in [-0.4, -0.2) is 46.2 Å². The summed E-state index contributed by atoms with van der Waals surface area (Å²) in [6.07, 6.45) is 3.50. The highest BCUT2D eigenvalue weighted by Crippen LogP contribution is 2.37. The van der Waals surface area contributed by atoms with Gasteiger partial charge in [0.05, 0.1) is 5.69 Å². The summed E-state index contributed by atoms with van der Waals surface area (Å²) in [5.41, 5.74) is 3.77. The molecule has 0 saturated carbocycles. The fourth-order valence-corrected chi connectivity index (χ4v) is 4.91. The summed E-state index contributed by atoms with van der Waals surface area (Å²) in [7, 11) is 0. The highest BCUT2D eigenvalue weighted by Gasteiger charge is 2.41. The van der Waals surface area contributed by atoms with Crippen molar-refractivity contribution >= 4 is 5.82 Å². The van der Waals surface area contributed by atoms with Gasteiger partial charge in [-0.1, -0.05) is 5.16 Å². The first kappa shape index (κ1) is 15.3. The highest BCUT2D eigenvalue weighted by molar-refractivity contribution is 5.52. The van der Waals surface area contributed by atoms with Gasteiger partial charge in [0, 0.05) is 50.0 Å². The molecule has 25 heavy (non-hydrogen) atoms. The van der Waals surface area contributed by atoms with Crippen molar-refractivity contribution in [2.45, 2.75) is 39.7 Å². The number of nitrogens with zero attached hydrogens (tertiary/aromatic N) is 5. The molecule has 0 bridgehead atoms. The van der Waals surface area contributed by atoms with Crippen molar-refractivity contribution in [1.82, 2.24) is 20.0 Å². The molecule has 2 aromatic rings. The first-order chi connectivity index (χ1) is 12.2. The van der Waals surface area contributed by atoms with Crippen LogP contribution < -0.4 is 4.90 Å². The van der Waals surface area contributed by atoms with Crippen molar-refractivity contribution in [1.29, 1.82) is 0 Å². The van der Waals surface area contributed by atoms with Crippen LogP contribution in [0.4, 0.5) is 5.82 Å². The fraction of sp³-hybridized carbons (Fsp3) is 0.632. The van der Waals surface area contributed by atoms with Gasteiger partial charge >= 0.3 is 0 Å². The van der Waals surface area contributed by atoms with Crippen LogP contribution in [-0.2, 0) is 19.4 Å². The summed E-state index contributed by atoms with van der Waals surface area (Å²) >= 11 is 0. The first-order valence-electron chi connectivity index (χ1n) is 9.41. The summed E-state index contributed by atoms with van der Waals surface area (Å²) in [5, 5.41) is 4.14. The lowest BCUT2D eigenvalue weighted by molar-refractivity contribution is 0.294. The molecule has 6 nitrogen and oxygen atoms in total. The Morgan fingerprint density at radius 1 is 1.08 bits per heavy atom. The lowest BCUT2D eigenvalue weighted by Gasteiger charge is -2.24. The van der Waals surface area contributed by atoms with E-state index in [0.29, 0.717) is 0 Å². The average Bonchev–Trinajstić information content (AvgIpc) is 3.30. The van der Waals surface area contributed by atoms with Crippen LogP contribution in [0.15, 0.2) is 10.6 Å². The maximum atomic E-state index is 5.20. The SMILES string of the molecule is Cc1nc2c(c(N3CC4CN(Cc5cc(C)on5)CC4C3)n1)CCC2. The van der Waals surface area contributed by atoms with Crippen molar-refractivity contribution in [3.63, 3.8) is 0 Å². The van der Waals surface area contributed by atoms with Crippen LogP contribution in [0, 0.1) is 25.7 Å². The third kappa shape index (κ3) is 2.72. The van der Waals surface area contributed by atoms with E-state index in [2.05, 4.69) is 19.9 Å². The van der Waals surface area contributed by atoms with Crippen molar-refractivity contribution in [2.24, 2.45) is 11.8 Å². The standard InChI is InChI=1S/C19H25N5O/c1-12-6-16(22-25-12)11-23-7-14-9-24(10-15(14)8-23)19-17-4-3-5-18(17)20-13(2)21-19/h6,14-15H,3-5,7-11H2,1-2H3. The predicted octanol–water partition coefficient (Wildman–Crippen LogP) is 2.14. The lowest BCUT2D eigenvalue weighted by atomic mass is 10.0. The van der Waals surface area contributed by atoms with Gasteiger partial charge in [-0.25, -0.2) is 9.97 Å². The monoisotopic (exact) mass is 339 g/mol. The topological polar surface area (TPSA) is 58.3 Å². The molecule has 2 saturated heterocycles. The number of hydrogen-bond acceptors (Lipinski definition) is 6. The Morgan fingerprint density at radius 2 is 1.88 bits per heavy atom. The van der Waals surface area contributed by atoms with E-state index in [9.17, 15) is 0 Å². The molecule has 1 aliphatic carbocycles. The normalized spacial score (nSPS) is 25.6. The molecule has 132 valence electrons. The van der Waals surface area contributed by atoms with Crippen LogP contribution >= 0.6 is 0 Å². The van der Waals surface area contributed by atoms with Gasteiger partial charge in [-0.2, -0.15) is 0 Å².